The molecule has 1 saturated carbocycles. The van der Waals surface area contributed by atoms with Crippen molar-refractivity contribution in [3.8, 4) is 11.1 Å². The highest BCUT2D eigenvalue weighted by molar-refractivity contribution is 5.92. The predicted octanol–water partition coefficient (Wildman–Crippen LogP) is 3.14. The van der Waals surface area contributed by atoms with Crippen LogP contribution in [0.2, 0.25) is 0 Å². The molecule has 1 aliphatic heterocycles. The molecule has 0 atom stereocenters. The summed E-state index contributed by atoms with van der Waals surface area (Å²) in [5.74, 6) is 0.920. The van der Waals surface area contributed by atoms with Crippen LogP contribution in [0.25, 0.3) is 22.0 Å². The van der Waals surface area contributed by atoms with Crippen LogP contribution in [-0.2, 0) is 4.74 Å². The molecule has 2 fully saturated rings. The van der Waals surface area contributed by atoms with E-state index < -0.39 is 0 Å². The summed E-state index contributed by atoms with van der Waals surface area (Å²) in [6.07, 6.45) is 11.7. The summed E-state index contributed by atoms with van der Waals surface area (Å²) in [4.78, 5) is 19.9. The summed E-state index contributed by atoms with van der Waals surface area (Å²) >= 11 is 0. The fraction of sp³-hybridized carbons (Fsp3) is 0.455. The van der Waals surface area contributed by atoms with Crippen LogP contribution in [0.5, 0.6) is 0 Å². The number of fused-ring (bicyclic) bond motifs is 1. The molecule has 0 spiro atoms. The van der Waals surface area contributed by atoms with E-state index >= 15 is 0 Å². The number of morpholine rings is 1. The fourth-order valence-electron chi connectivity index (χ4n) is 4.52. The van der Waals surface area contributed by atoms with Crippen molar-refractivity contribution in [2.24, 2.45) is 0 Å². The molecule has 1 aliphatic carbocycles. The highest BCUT2D eigenvalue weighted by Gasteiger charge is 2.27. The Morgan fingerprint density at radius 3 is 2.48 bits per heavy atom. The highest BCUT2D eigenvalue weighted by atomic mass is 16.5. The van der Waals surface area contributed by atoms with E-state index in [1.54, 1.807) is 12.7 Å². The molecule has 0 unspecified atom stereocenters. The van der Waals surface area contributed by atoms with Crippen LogP contribution in [0, 0.1) is 0 Å². The van der Waals surface area contributed by atoms with E-state index in [9.17, 15) is 0 Å². The van der Waals surface area contributed by atoms with Gasteiger partial charge in [-0.2, -0.15) is 0 Å². The molecule has 1 aromatic carbocycles. The van der Waals surface area contributed by atoms with Crippen LogP contribution in [0.15, 0.2) is 43.2 Å². The number of nitrogens with zero attached hydrogens (tertiary/aromatic N) is 5. The average Bonchev–Trinajstić information content (AvgIpc) is 2.81. The minimum atomic E-state index is 0.453. The molecule has 0 radical (unpaired) electrons. The van der Waals surface area contributed by atoms with E-state index in [1.807, 2.05) is 18.5 Å². The number of ether oxygens (including phenoxy) is 1. The Balaban J connectivity index is 1.31. The van der Waals surface area contributed by atoms with Gasteiger partial charge in [-0.1, -0.05) is 6.07 Å². The fourth-order valence-corrected chi connectivity index (χ4v) is 4.52. The molecule has 2 aromatic heterocycles. The van der Waals surface area contributed by atoms with Gasteiger partial charge in [0, 0.05) is 48.5 Å². The molecule has 2 aliphatic rings. The smallest absolute Gasteiger partial charge is 0.137 e. The normalized spacial score (nSPS) is 23.2. The lowest BCUT2D eigenvalue weighted by molar-refractivity contribution is 0.00791. The van der Waals surface area contributed by atoms with Gasteiger partial charge in [0.05, 0.1) is 18.7 Å². The van der Waals surface area contributed by atoms with Crippen molar-refractivity contribution in [2.45, 2.75) is 37.8 Å². The van der Waals surface area contributed by atoms with Gasteiger partial charge < -0.3 is 10.1 Å². The third-order valence-electron chi connectivity index (χ3n) is 6.13. The maximum absolute atomic E-state index is 5.50. The standard InChI is InChI=1S/C22H26N6O/c1-6-21-20(11-16(1)17-12-23-14-24-13-17)22(26-15-25-21)27-18-2-4-19(5-3-18)28-7-9-29-10-8-28/h1,6,11-15,18-19H,2-5,7-10H2,(H,25,26,27). The number of nitrogens with one attached hydrogen (secondary N) is 1. The number of hydrogen-bond donors (Lipinski definition) is 1. The van der Waals surface area contributed by atoms with Crippen LogP contribution in [0.4, 0.5) is 5.82 Å². The lowest BCUT2D eigenvalue weighted by Crippen LogP contribution is -2.46. The summed E-state index contributed by atoms with van der Waals surface area (Å²) in [5.41, 5.74) is 3.02. The first-order valence-corrected chi connectivity index (χ1v) is 10.5. The van der Waals surface area contributed by atoms with E-state index in [4.69, 9.17) is 4.74 Å². The largest absolute Gasteiger partial charge is 0.379 e. The Labute approximate surface area is 170 Å². The van der Waals surface area contributed by atoms with Crippen LogP contribution < -0.4 is 5.32 Å². The molecule has 29 heavy (non-hydrogen) atoms. The highest BCUT2D eigenvalue weighted by Crippen LogP contribution is 2.30. The van der Waals surface area contributed by atoms with Crippen molar-refractivity contribution in [2.75, 3.05) is 31.6 Å². The van der Waals surface area contributed by atoms with Crippen molar-refractivity contribution in [3.05, 3.63) is 43.2 Å². The second kappa shape index (κ2) is 8.39. The monoisotopic (exact) mass is 390 g/mol. The maximum Gasteiger partial charge on any atom is 0.137 e. The Morgan fingerprint density at radius 2 is 1.69 bits per heavy atom. The van der Waals surface area contributed by atoms with E-state index in [1.165, 1.54) is 25.7 Å². The third kappa shape index (κ3) is 4.06. The lowest BCUT2D eigenvalue weighted by Gasteiger charge is -2.39. The Kier molecular flexibility index (Phi) is 5.32. The second-order valence-electron chi connectivity index (χ2n) is 7.88. The quantitative estimate of drug-likeness (QED) is 0.733. The summed E-state index contributed by atoms with van der Waals surface area (Å²) in [6, 6.07) is 7.39. The van der Waals surface area contributed by atoms with Gasteiger partial charge in [-0.25, -0.2) is 19.9 Å². The maximum atomic E-state index is 5.50. The third-order valence-corrected chi connectivity index (χ3v) is 6.13. The van der Waals surface area contributed by atoms with Crippen molar-refractivity contribution in [3.63, 3.8) is 0 Å². The molecular weight excluding hydrogens is 364 g/mol. The molecular formula is C22H26N6O. The first kappa shape index (κ1) is 18.4. The minimum absolute atomic E-state index is 0.453. The Hall–Kier alpha value is -2.64. The molecule has 150 valence electrons. The number of hydrogen-bond acceptors (Lipinski definition) is 7. The van der Waals surface area contributed by atoms with Crippen LogP contribution in [-0.4, -0.2) is 63.2 Å². The van der Waals surface area contributed by atoms with Gasteiger partial charge in [0.25, 0.3) is 0 Å². The minimum Gasteiger partial charge on any atom is -0.379 e. The van der Waals surface area contributed by atoms with Crippen LogP contribution >= 0.6 is 0 Å². The molecule has 3 aromatic rings. The predicted molar refractivity (Wildman–Crippen MR) is 113 cm³/mol. The van der Waals surface area contributed by atoms with Gasteiger partial charge in [0.15, 0.2) is 0 Å². The number of rotatable bonds is 4. The summed E-state index contributed by atoms with van der Waals surface area (Å²) in [7, 11) is 0. The number of benzene rings is 1. The molecule has 7 heteroatoms. The van der Waals surface area contributed by atoms with Crippen molar-refractivity contribution >= 4 is 16.7 Å². The number of anilines is 1. The van der Waals surface area contributed by atoms with Gasteiger partial charge in [0.2, 0.25) is 0 Å². The van der Waals surface area contributed by atoms with Gasteiger partial charge >= 0.3 is 0 Å². The van der Waals surface area contributed by atoms with E-state index in [0.717, 1.165) is 54.2 Å². The molecule has 0 amide bonds. The van der Waals surface area contributed by atoms with Crippen molar-refractivity contribution in [1.82, 2.24) is 24.8 Å². The molecule has 1 N–H and O–H groups in total. The zero-order chi connectivity index (χ0) is 19.5. The molecule has 3 heterocycles. The Morgan fingerprint density at radius 1 is 0.897 bits per heavy atom. The molecule has 1 saturated heterocycles. The average molecular weight is 390 g/mol. The van der Waals surface area contributed by atoms with Gasteiger partial charge in [-0.05, 0) is 43.4 Å². The summed E-state index contributed by atoms with van der Waals surface area (Å²) < 4.78 is 5.50. The first-order valence-electron chi connectivity index (χ1n) is 10.5. The SMILES string of the molecule is c1ncc(-c2ccc3ncnc(NC4CCC(N5CCOCC5)CC4)c3c2)cn1. The van der Waals surface area contributed by atoms with Crippen LogP contribution in [0.3, 0.4) is 0 Å². The topological polar surface area (TPSA) is 76.1 Å². The van der Waals surface area contributed by atoms with Gasteiger partial charge in [-0.15, -0.1) is 0 Å². The zero-order valence-corrected chi connectivity index (χ0v) is 16.5. The number of aromatic nitrogens is 4. The van der Waals surface area contributed by atoms with Gasteiger partial charge in [0.1, 0.15) is 18.5 Å². The van der Waals surface area contributed by atoms with E-state index in [0.29, 0.717) is 12.1 Å². The van der Waals surface area contributed by atoms with E-state index in [2.05, 4.69) is 42.3 Å². The summed E-state index contributed by atoms with van der Waals surface area (Å²) in [6.45, 7) is 3.90. The molecule has 7 nitrogen and oxygen atoms in total. The summed E-state index contributed by atoms with van der Waals surface area (Å²) in [5, 5.41) is 4.75. The molecule has 5 rings (SSSR count). The zero-order valence-electron chi connectivity index (χ0n) is 16.5. The van der Waals surface area contributed by atoms with Crippen LogP contribution in [0.1, 0.15) is 25.7 Å². The van der Waals surface area contributed by atoms with Crippen molar-refractivity contribution in [1.29, 1.82) is 0 Å². The van der Waals surface area contributed by atoms with E-state index in [-0.39, 0.29) is 0 Å². The Bertz CT molecular complexity index is 952. The molecule has 0 bridgehead atoms. The lowest BCUT2D eigenvalue weighted by atomic mass is 9.90. The first-order chi connectivity index (χ1) is 14.4. The van der Waals surface area contributed by atoms with Crippen molar-refractivity contribution < 1.29 is 4.74 Å². The second-order valence-corrected chi connectivity index (χ2v) is 7.88. The van der Waals surface area contributed by atoms with Gasteiger partial charge in [-0.3, -0.25) is 4.90 Å².